The predicted octanol–water partition coefficient (Wildman–Crippen LogP) is 5.12. The Labute approximate surface area is 151 Å². The number of hydrogen-bond donors (Lipinski definition) is 1. The summed E-state index contributed by atoms with van der Waals surface area (Å²) in [4.78, 5) is 23.5. The fourth-order valence-corrected chi connectivity index (χ4v) is 3.49. The van der Waals surface area contributed by atoms with Gasteiger partial charge in [0.2, 0.25) is 0 Å². The third-order valence-corrected chi connectivity index (χ3v) is 4.91. The molecule has 2 amide bonds. The number of thioether (sulfide) groups is 1. The number of amides is 2. The fraction of sp³-hybridized carbons (Fsp3) is 0.300. The highest BCUT2D eigenvalue weighted by atomic mass is 32.2. The van der Waals surface area contributed by atoms with Crippen molar-refractivity contribution in [3.05, 3.63) is 46.9 Å². The van der Waals surface area contributed by atoms with Crippen LogP contribution in [0.15, 0.2) is 41.3 Å². The highest BCUT2D eigenvalue weighted by Gasteiger charge is 2.25. The summed E-state index contributed by atoms with van der Waals surface area (Å²) in [5.74, 6) is 0.518. The first kappa shape index (κ1) is 17.5. The van der Waals surface area contributed by atoms with Crippen LogP contribution in [-0.2, 0) is 4.79 Å². The van der Waals surface area contributed by atoms with E-state index in [0.29, 0.717) is 11.5 Å². The van der Waals surface area contributed by atoms with Gasteiger partial charge in [-0.25, -0.2) is 0 Å². The lowest BCUT2D eigenvalue weighted by Gasteiger charge is -2.11. The molecule has 5 heteroatoms. The molecule has 0 aliphatic carbocycles. The minimum Gasteiger partial charge on any atom is -0.493 e. The van der Waals surface area contributed by atoms with Crippen LogP contribution in [0.2, 0.25) is 0 Å². The maximum atomic E-state index is 11.8. The van der Waals surface area contributed by atoms with Crippen molar-refractivity contribution in [2.75, 3.05) is 6.61 Å². The van der Waals surface area contributed by atoms with Crippen molar-refractivity contribution < 1.29 is 14.3 Å². The molecule has 1 aliphatic heterocycles. The standard InChI is InChI=1S/C20H21NO3S/c1-2-3-4-7-12-24-17-11-10-14(15-8-5-6-9-16(15)17)13-18-19(22)21-20(23)25-18/h5-6,8-11,13H,2-4,7,12H2,1H3,(H,21,22,23). The van der Waals surface area contributed by atoms with Crippen LogP contribution < -0.4 is 10.1 Å². The van der Waals surface area contributed by atoms with Gasteiger partial charge in [-0.15, -0.1) is 0 Å². The van der Waals surface area contributed by atoms with E-state index in [4.69, 9.17) is 4.74 Å². The summed E-state index contributed by atoms with van der Waals surface area (Å²) in [5.41, 5.74) is 0.904. The van der Waals surface area contributed by atoms with Gasteiger partial charge in [-0.2, -0.15) is 0 Å². The summed E-state index contributed by atoms with van der Waals surface area (Å²) in [7, 11) is 0. The van der Waals surface area contributed by atoms with Crippen molar-refractivity contribution >= 4 is 39.8 Å². The minimum absolute atomic E-state index is 0.326. The Morgan fingerprint density at radius 3 is 2.56 bits per heavy atom. The maximum absolute atomic E-state index is 11.8. The highest BCUT2D eigenvalue weighted by molar-refractivity contribution is 8.18. The van der Waals surface area contributed by atoms with E-state index >= 15 is 0 Å². The third-order valence-electron chi connectivity index (χ3n) is 4.10. The Kier molecular flexibility index (Phi) is 5.76. The number of rotatable bonds is 7. The Bertz CT molecular complexity index is 829. The molecule has 0 saturated carbocycles. The first-order chi connectivity index (χ1) is 12.2. The number of carbonyl (C=O) groups is 2. The van der Waals surface area contributed by atoms with E-state index in [0.717, 1.165) is 40.3 Å². The molecule has 130 valence electrons. The SMILES string of the molecule is CCCCCCOc1ccc(C=C2SC(=O)NC2=O)c2ccccc12. The topological polar surface area (TPSA) is 55.4 Å². The number of fused-ring (bicyclic) bond motifs is 1. The van der Waals surface area contributed by atoms with Crippen LogP contribution in [0.3, 0.4) is 0 Å². The Balaban J connectivity index is 1.85. The lowest BCUT2D eigenvalue weighted by Crippen LogP contribution is -2.17. The second-order valence-corrected chi connectivity index (χ2v) is 6.97. The monoisotopic (exact) mass is 355 g/mol. The smallest absolute Gasteiger partial charge is 0.290 e. The molecule has 1 aliphatic rings. The van der Waals surface area contributed by atoms with Gasteiger partial charge >= 0.3 is 0 Å². The van der Waals surface area contributed by atoms with E-state index in [1.807, 2.05) is 36.4 Å². The quantitative estimate of drug-likeness (QED) is 0.553. The second-order valence-electron chi connectivity index (χ2n) is 5.96. The van der Waals surface area contributed by atoms with E-state index in [2.05, 4.69) is 12.2 Å². The van der Waals surface area contributed by atoms with Gasteiger partial charge in [0.15, 0.2) is 0 Å². The van der Waals surface area contributed by atoms with E-state index < -0.39 is 0 Å². The Hall–Kier alpha value is -2.27. The molecule has 4 nitrogen and oxygen atoms in total. The van der Waals surface area contributed by atoms with E-state index in [1.54, 1.807) is 6.08 Å². The number of benzene rings is 2. The summed E-state index contributed by atoms with van der Waals surface area (Å²) in [5, 5.41) is 3.98. The van der Waals surface area contributed by atoms with Crippen molar-refractivity contribution in [3.63, 3.8) is 0 Å². The summed E-state index contributed by atoms with van der Waals surface area (Å²) in [6, 6.07) is 11.8. The molecule has 0 atom stereocenters. The van der Waals surface area contributed by atoms with Gasteiger partial charge in [0.1, 0.15) is 5.75 Å². The maximum Gasteiger partial charge on any atom is 0.290 e. The fourth-order valence-electron chi connectivity index (χ4n) is 2.82. The minimum atomic E-state index is -0.338. The molecule has 1 fully saturated rings. The zero-order valence-electron chi connectivity index (χ0n) is 14.2. The van der Waals surface area contributed by atoms with E-state index in [1.165, 1.54) is 19.3 Å². The average Bonchev–Trinajstić information content (AvgIpc) is 2.93. The van der Waals surface area contributed by atoms with Crippen LogP contribution in [0.4, 0.5) is 4.79 Å². The van der Waals surface area contributed by atoms with Gasteiger partial charge in [-0.3, -0.25) is 14.9 Å². The molecule has 0 bridgehead atoms. The number of ether oxygens (including phenoxy) is 1. The number of carbonyl (C=O) groups excluding carboxylic acids is 2. The zero-order chi connectivity index (χ0) is 17.6. The highest BCUT2D eigenvalue weighted by Crippen LogP contribution is 2.32. The molecule has 0 unspecified atom stereocenters. The first-order valence-electron chi connectivity index (χ1n) is 8.58. The van der Waals surface area contributed by atoms with Gasteiger partial charge < -0.3 is 4.74 Å². The van der Waals surface area contributed by atoms with Crippen LogP contribution in [0.5, 0.6) is 5.75 Å². The lowest BCUT2D eigenvalue weighted by molar-refractivity contribution is -0.115. The predicted molar refractivity (Wildman–Crippen MR) is 103 cm³/mol. The average molecular weight is 355 g/mol. The molecule has 0 aromatic heterocycles. The van der Waals surface area contributed by atoms with Gasteiger partial charge in [-0.05, 0) is 41.3 Å². The van der Waals surface area contributed by atoms with Crippen molar-refractivity contribution in [3.8, 4) is 5.75 Å². The molecule has 3 rings (SSSR count). The molecule has 0 radical (unpaired) electrons. The van der Waals surface area contributed by atoms with Gasteiger partial charge in [0, 0.05) is 5.39 Å². The van der Waals surface area contributed by atoms with Crippen LogP contribution in [0.1, 0.15) is 38.2 Å². The van der Waals surface area contributed by atoms with Gasteiger partial charge in [0.05, 0.1) is 11.5 Å². The number of unbranched alkanes of at least 4 members (excludes halogenated alkanes) is 3. The van der Waals surface area contributed by atoms with Crippen molar-refractivity contribution in [1.29, 1.82) is 0 Å². The van der Waals surface area contributed by atoms with Crippen LogP contribution >= 0.6 is 11.8 Å². The third kappa shape index (κ3) is 4.23. The summed E-state index contributed by atoms with van der Waals surface area (Å²) in [6.45, 7) is 2.90. The Morgan fingerprint density at radius 1 is 1.04 bits per heavy atom. The van der Waals surface area contributed by atoms with Gasteiger partial charge in [0.25, 0.3) is 11.1 Å². The van der Waals surface area contributed by atoms with Crippen molar-refractivity contribution in [2.45, 2.75) is 32.6 Å². The molecule has 0 spiro atoms. The molecule has 1 saturated heterocycles. The summed E-state index contributed by atoms with van der Waals surface area (Å²) >= 11 is 0.933. The molecular weight excluding hydrogens is 334 g/mol. The van der Waals surface area contributed by atoms with Crippen molar-refractivity contribution in [1.82, 2.24) is 5.32 Å². The Morgan fingerprint density at radius 2 is 1.84 bits per heavy atom. The number of hydrogen-bond acceptors (Lipinski definition) is 4. The van der Waals surface area contributed by atoms with Gasteiger partial charge in [-0.1, -0.05) is 56.5 Å². The van der Waals surface area contributed by atoms with Crippen LogP contribution in [-0.4, -0.2) is 17.8 Å². The molecule has 25 heavy (non-hydrogen) atoms. The largest absolute Gasteiger partial charge is 0.493 e. The number of nitrogens with one attached hydrogen (secondary N) is 1. The molecule has 2 aromatic carbocycles. The van der Waals surface area contributed by atoms with Crippen LogP contribution in [0.25, 0.3) is 16.8 Å². The van der Waals surface area contributed by atoms with E-state index in [9.17, 15) is 9.59 Å². The first-order valence-corrected chi connectivity index (χ1v) is 9.40. The number of imide groups is 1. The van der Waals surface area contributed by atoms with E-state index in [-0.39, 0.29) is 11.1 Å². The van der Waals surface area contributed by atoms with Crippen LogP contribution in [0, 0.1) is 0 Å². The molecule has 1 N–H and O–H groups in total. The molecule has 1 heterocycles. The summed E-state index contributed by atoms with van der Waals surface area (Å²) in [6.07, 6.45) is 6.43. The molecular formula is C20H21NO3S. The second kappa shape index (κ2) is 8.21. The normalized spacial score (nSPS) is 15.8. The lowest BCUT2D eigenvalue weighted by atomic mass is 10.0. The zero-order valence-corrected chi connectivity index (χ0v) is 15.0. The molecule has 2 aromatic rings. The van der Waals surface area contributed by atoms with Crippen molar-refractivity contribution in [2.24, 2.45) is 0 Å². The summed E-state index contributed by atoms with van der Waals surface area (Å²) < 4.78 is 5.97.